The van der Waals surface area contributed by atoms with E-state index in [0.29, 0.717) is 20.5 Å². The minimum absolute atomic E-state index is 0.120. The molecule has 2 aromatic carbocycles. The Labute approximate surface area is 169 Å². The lowest BCUT2D eigenvalue weighted by Crippen LogP contribution is -2.12. The first-order valence-electron chi connectivity index (χ1n) is 8.14. The maximum absolute atomic E-state index is 12.5. The second-order valence-electron chi connectivity index (χ2n) is 5.89. The number of ketones is 1. The highest BCUT2D eigenvalue weighted by Crippen LogP contribution is 2.36. The van der Waals surface area contributed by atoms with Crippen LogP contribution in [-0.2, 0) is 0 Å². The van der Waals surface area contributed by atoms with Gasteiger partial charge in [-0.25, -0.2) is 4.98 Å². The van der Waals surface area contributed by atoms with Gasteiger partial charge in [0.25, 0.3) is 11.6 Å². The van der Waals surface area contributed by atoms with Crippen molar-refractivity contribution < 1.29 is 14.5 Å². The van der Waals surface area contributed by atoms with Crippen LogP contribution in [0.25, 0.3) is 0 Å². The lowest BCUT2D eigenvalue weighted by Gasteiger charge is -2.08. The number of nitrogens with zero attached hydrogens (tertiary/aromatic N) is 2. The fourth-order valence-corrected chi connectivity index (χ4v) is 4.26. The highest BCUT2D eigenvalue weighted by Gasteiger charge is 2.19. The van der Waals surface area contributed by atoms with Gasteiger partial charge < -0.3 is 5.32 Å². The Kier molecular flexibility index (Phi) is 5.86. The number of nitrogens with one attached hydrogen (secondary N) is 1. The molecule has 1 N–H and O–H groups in total. The van der Waals surface area contributed by atoms with Crippen LogP contribution in [0.4, 0.5) is 11.4 Å². The summed E-state index contributed by atoms with van der Waals surface area (Å²) in [7, 11) is 0. The van der Waals surface area contributed by atoms with Crippen LogP contribution in [0.5, 0.6) is 0 Å². The van der Waals surface area contributed by atoms with Crippen LogP contribution in [0.2, 0.25) is 0 Å². The molecule has 0 saturated heterocycles. The largest absolute Gasteiger partial charge is 0.322 e. The molecule has 0 unspecified atom stereocenters. The first-order valence-corrected chi connectivity index (χ1v) is 9.84. The van der Waals surface area contributed by atoms with Gasteiger partial charge in [0.2, 0.25) is 0 Å². The number of carbonyl (C=O) groups excluding carboxylic acids is 2. The van der Waals surface area contributed by atoms with Crippen molar-refractivity contribution in [3.63, 3.8) is 0 Å². The molecule has 1 heterocycles. The Hall–Kier alpha value is -3.04. The fraction of sp³-hybridized carbons (Fsp3) is 0.105. The summed E-state index contributed by atoms with van der Waals surface area (Å²) in [6, 6.07) is 10.8. The van der Waals surface area contributed by atoms with E-state index in [1.54, 1.807) is 30.3 Å². The van der Waals surface area contributed by atoms with Gasteiger partial charge in [-0.2, -0.15) is 0 Å². The van der Waals surface area contributed by atoms with Crippen molar-refractivity contribution in [3.8, 4) is 0 Å². The number of benzene rings is 2. The Morgan fingerprint density at radius 2 is 1.96 bits per heavy atom. The van der Waals surface area contributed by atoms with E-state index < -0.39 is 10.8 Å². The van der Waals surface area contributed by atoms with Crippen LogP contribution in [0.3, 0.4) is 0 Å². The first-order chi connectivity index (χ1) is 13.3. The molecule has 3 rings (SSSR count). The average molecular weight is 413 g/mol. The van der Waals surface area contributed by atoms with Crippen molar-refractivity contribution in [3.05, 3.63) is 74.8 Å². The van der Waals surface area contributed by atoms with E-state index >= 15 is 0 Å². The molecule has 142 valence electrons. The Morgan fingerprint density at radius 3 is 2.61 bits per heavy atom. The van der Waals surface area contributed by atoms with E-state index in [0.717, 1.165) is 5.69 Å². The molecule has 0 atom stereocenters. The molecule has 0 radical (unpaired) electrons. The third-order valence-electron chi connectivity index (χ3n) is 3.74. The molecule has 7 nitrogen and oxygen atoms in total. The van der Waals surface area contributed by atoms with Crippen molar-refractivity contribution in [2.45, 2.75) is 23.1 Å². The first kappa shape index (κ1) is 19.7. The van der Waals surface area contributed by atoms with Gasteiger partial charge in [-0.3, -0.25) is 19.7 Å². The summed E-state index contributed by atoms with van der Waals surface area (Å²) in [6.07, 6.45) is 0. The molecule has 9 heteroatoms. The minimum atomic E-state index is -0.518. The predicted molar refractivity (Wildman–Crippen MR) is 108 cm³/mol. The van der Waals surface area contributed by atoms with E-state index in [1.807, 2.05) is 12.3 Å². The van der Waals surface area contributed by atoms with E-state index in [9.17, 15) is 19.7 Å². The van der Waals surface area contributed by atoms with Gasteiger partial charge in [-0.1, -0.05) is 23.9 Å². The summed E-state index contributed by atoms with van der Waals surface area (Å²) in [5.41, 5.74) is 1.74. The Bertz CT molecular complexity index is 1080. The SMILES string of the molecule is CC(=O)c1cccc(NC(=O)c2ccc(Sc3nc(C)cs3)c([N+](=O)[O-])c2)c1. The molecule has 1 aromatic heterocycles. The number of nitro groups is 1. The number of rotatable bonds is 6. The molecule has 0 aliphatic rings. The summed E-state index contributed by atoms with van der Waals surface area (Å²) in [4.78, 5) is 39.6. The summed E-state index contributed by atoms with van der Waals surface area (Å²) in [5, 5.41) is 16.0. The van der Waals surface area contributed by atoms with Crippen molar-refractivity contribution in [1.82, 2.24) is 4.98 Å². The molecule has 28 heavy (non-hydrogen) atoms. The van der Waals surface area contributed by atoms with Crippen molar-refractivity contribution in [2.24, 2.45) is 0 Å². The van der Waals surface area contributed by atoms with Gasteiger partial charge in [0.05, 0.1) is 9.82 Å². The third-order valence-corrected chi connectivity index (χ3v) is 5.86. The summed E-state index contributed by atoms with van der Waals surface area (Å²) in [6.45, 7) is 3.29. The molecule has 3 aromatic rings. The number of hydrogen-bond acceptors (Lipinski definition) is 7. The molecular formula is C19H15N3O4S2. The molecule has 0 aliphatic heterocycles. The number of amides is 1. The number of hydrogen-bond donors (Lipinski definition) is 1. The number of anilines is 1. The van der Waals surface area contributed by atoms with Gasteiger partial charge in [0, 0.05) is 34.0 Å². The Balaban J connectivity index is 1.84. The van der Waals surface area contributed by atoms with Crippen molar-refractivity contribution in [2.75, 3.05) is 5.32 Å². The quantitative estimate of drug-likeness (QED) is 0.348. The fourth-order valence-electron chi connectivity index (χ4n) is 2.38. The van der Waals surface area contributed by atoms with E-state index in [1.165, 1.54) is 42.2 Å². The highest BCUT2D eigenvalue weighted by molar-refractivity contribution is 8.01. The molecule has 0 spiro atoms. The average Bonchev–Trinajstić information content (AvgIpc) is 3.06. The maximum atomic E-state index is 12.5. The zero-order chi connectivity index (χ0) is 20.3. The van der Waals surface area contributed by atoms with E-state index in [2.05, 4.69) is 10.3 Å². The normalized spacial score (nSPS) is 10.5. The number of nitro benzene ring substituents is 1. The standard InChI is InChI=1S/C19H15N3O4S2/c1-11-10-27-19(20-11)28-17-7-6-14(9-16(17)22(25)26)18(24)21-15-5-3-4-13(8-15)12(2)23/h3-10H,1-2H3,(H,21,24). The monoisotopic (exact) mass is 413 g/mol. The number of Topliss-reactive ketones (excluding diaryl/α,β-unsaturated/α-hetero) is 1. The molecule has 1 amide bonds. The van der Waals surface area contributed by atoms with Gasteiger partial charge >= 0.3 is 0 Å². The molecule has 0 saturated carbocycles. The second kappa shape index (κ2) is 8.32. The molecule has 0 fully saturated rings. The van der Waals surface area contributed by atoms with Gasteiger partial charge in [-0.05, 0) is 38.1 Å². The van der Waals surface area contributed by atoms with Crippen LogP contribution in [0, 0.1) is 17.0 Å². The summed E-state index contributed by atoms with van der Waals surface area (Å²) < 4.78 is 0.693. The van der Waals surface area contributed by atoms with Crippen LogP contribution < -0.4 is 5.32 Å². The highest BCUT2D eigenvalue weighted by atomic mass is 32.2. The topological polar surface area (TPSA) is 102 Å². The van der Waals surface area contributed by atoms with Crippen molar-refractivity contribution in [1.29, 1.82) is 0 Å². The number of thiazole rings is 1. The zero-order valence-electron chi connectivity index (χ0n) is 15.0. The summed E-state index contributed by atoms with van der Waals surface area (Å²) in [5.74, 6) is -0.615. The number of carbonyl (C=O) groups is 2. The number of aryl methyl sites for hydroxylation is 1. The maximum Gasteiger partial charge on any atom is 0.284 e. The van der Waals surface area contributed by atoms with Crippen LogP contribution in [-0.4, -0.2) is 21.6 Å². The van der Waals surface area contributed by atoms with Gasteiger partial charge in [0.15, 0.2) is 10.1 Å². The minimum Gasteiger partial charge on any atom is -0.322 e. The lowest BCUT2D eigenvalue weighted by molar-refractivity contribution is -0.387. The van der Waals surface area contributed by atoms with Crippen LogP contribution >= 0.6 is 23.1 Å². The summed E-state index contributed by atoms with van der Waals surface area (Å²) >= 11 is 2.59. The van der Waals surface area contributed by atoms with E-state index in [-0.39, 0.29) is 17.0 Å². The lowest BCUT2D eigenvalue weighted by atomic mass is 10.1. The van der Waals surface area contributed by atoms with Gasteiger partial charge in [0.1, 0.15) is 0 Å². The third kappa shape index (κ3) is 4.62. The molecular weight excluding hydrogens is 398 g/mol. The predicted octanol–water partition coefficient (Wildman–Crippen LogP) is 4.97. The van der Waals surface area contributed by atoms with Gasteiger partial charge in [-0.15, -0.1) is 11.3 Å². The second-order valence-corrected chi connectivity index (χ2v) is 8.03. The zero-order valence-corrected chi connectivity index (χ0v) is 16.6. The smallest absolute Gasteiger partial charge is 0.284 e. The van der Waals surface area contributed by atoms with Crippen LogP contribution in [0.1, 0.15) is 33.3 Å². The van der Waals surface area contributed by atoms with Crippen molar-refractivity contribution >= 4 is 46.2 Å². The van der Waals surface area contributed by atoms with Crippen LogP contribution in [0.15, 0.2) is 57.1 Å². The molecule has 0 aliphatic carbocycles. The number of aromatic nitrogens is 1. The Morgan fingerprint density at radius 1 is 1.18 bits per heavy atom. The van der Waals surface area contributed by atoms with E-state index in [4.69, 9.17) is 0 Å². The molecule has 0 bridgehead atoms.